The molecule has 0 unspecified atom stereocenters. The molecule has 1 aromatic heterocycles. The van der Waals surface area contributed by atoms with Crippen LogP contribution in [-0.2, 0) is 4.74 Å². The quantitative estimate of drug-likeness (QED) is 0.853. The molecule has 23 heavy (non-hydrogen) atoms. The molecule has 1 saturated heterocycles. The predicted molar refractivity (Wildman–Crippen MR) is 86.5 cm³/mol. The van der Waals surface area contributed by atoms with Crippen molar-refractivity contribution in [2.45, 2.75) is 33.0 Å². The summed E-state index contributed by atoms with van der Waals surface area (Å²) < 4.78 is 34.2. The molecule has 2 aromatic rings. The average Bonchev–Trinajstić information content (AvgIpc) is 2.46. The molecule has 1 aromatic carbocycles. The minimum Gasteiger partial charge on any atom is -0.372 e. The van der Waals surface area contributed by atoms with Gasteiger partial charge in [0, 0.05) is 30.4 Å². The molecule has 1 aliphatic rings. The Balaban J connectivity index is 1.78. The summed E-state index contributed by atoms with van der Waals surface area (Å²) >= 11 is 0. The van der Waals surface area contributed by atoms with Gasteiger partial charge in [0.05, 0.1) is 12.2 Å². The fourth-order valence-corrected chi connectivity index (χ4v) is 2.76. The topological polar surface area (TPSA) is 25.4 Å². The highest BCUT2D eigenvalue weighted by atomic mass is 19.1. The Morgan fingerprint density at radius 1 is 1.26 bits per heavy atom. The second-order valence-corrected chi connectivity index (χ2v) is 6.18. The molecule has 0 spiro atoms. The number of pyridine rings is 1. The van der Waals surface area contributed by atoms with Crippen LogP contribution in [0.4, 0.5) is 14.6 Å². The minimum atomic E-state index is -0.439. The van der Waals surface area contributed by atoms with E-state index in [0.29, 0.717) is 35.6 Å². The van der Waals surface area contributed by atoms with E-state index >= 15 is 0 Å². The smallest absolute Gasteiger partial charge is 0.166 e. The molecule has 5 heteroatoms. The third kappa shape index (κ3) is 3.20. The van der Waals surface area contributed by atoms with E-state index in [1.54, 1.807) is 25.1 Å². The van der Waals surface area contributed by atoms with Gasteiger partial charge in [-0.2, -0.15) is 0 Å². The van der Waals surface area contributed by atoms with Gasteiger partial charge in [0.15, 0.2) is 11.6 Å². The summed E-state index contributed by atoms with van der Waals surface area (Å²) in [6, 6.07) is 6.42. The third-order valence-electron chi connectivity index (χ3n) is 3.94. The first-order valence-corrected chi connectivity index (χ1v) is 7.77. The van der Waals surface area contributed by atoms with Crippen LogP contribution in [0.1, 0.15) is 19.4 Å². The van der Waals surface area contributed by atoms with E-state index in [2.05, 4.69) is 4.98 Å². The van der Waals surface area contributed by atoms with E-state index in [9.17, 15) is 8.78 Å². The number of aromatic nitrogens is 1. The lowest BCUT2D eigenvalue weighted by Crippen LogP contribution is -2.53. The van der Waals surface area contributed by atoms with Crippen LogP contribution in [0.3, 0.4) is 0 Å². The van der Waals surface area contributed by atoms with Gasteiger partial charge in [0.2, 0.25) is 0 Å². The summed E-state index contributed by atoms with van der Waals surface area (Å²) in [7, 11) is 0. The molecule has 0 saturated carbocycles. The lowest BCUT2D eigenvalue weighted by atomic mass is 10.0. The van der Waals surface area contributed by atoms with Crippen molar-refractivity contribution in [1.29, 1.82) is 0 Å². The van der Waals surface area contributed by atoms with Crippen LogP contribution in [0.5, 0.6) is 0 Å². The van der Waals surface area contributed by atoms with Crippen molar-refractivity contribution in [2.75, 3.05) is 18.0 Å². The van der Waals surface area contributed by atoms with Crippen LogP contribution in [0.15, 0.2) is 30.5 Å². The van der Waals surface area contributed by atoms with Gasteiger partial charge in [-0.3, -0.25) is 0 Å². The molecule has 1 fully saturated rings. The van der Waals surface area contributed by atoms with Gasteiger partial charge >= 0.3 is 0 Å². The molecule has 2 heterocycles. The maximum atomic E-state index is 14.4. The molecule has 0 radical (unpaired) electrons. The number of rotatable bonds is 4. The number of ether oxygens (including phenoxy) is 1. The third-order valence-corrected chi connectivity index (χ3v) is 3.94. The highest BCUT2D eigenvalue weighted by molar-refractivity contribution is 5.66. The normalized spacial score (nSPS) is 15.1. The number of hydrogen-bond acceptors (Lipinski definition) is 3. The zero-order valence-corrected chi connectivity index (χ0v) is 13.5. The van der Waals surface area contributed by atoms with E-state index in [1.165, 1.54) is 12.3 Å². The number of halogens is 2. The van der Waals surface area contributed by atoms with Crippen LogP contribution in [0, 0.1) is 18.6 Å². The lowest BCUT2D eigenvalue weighted by molar-refractivity contribution is -0.00766. The SMILES string of the molecule is Cc1cccc(-c2cnc(N3CC(OC(C)C)C3)c(F)c2)c1F. The van der Waals surface area contributed by atoms with Gasteiger partial charge in [-0.05, 0) is 32.4 Å². The molecule has 3 rings (SSSR count). The van der Waals surface area contributed by atoms with Gasteiger partial charge in [-0.1, -0.05) is 18.2 Å². The summed E-state index contributed by atoms with van der Waals surface area (Å²) in [6.45, 7) is 6.89. The zero-order chi connectivity index (χ0) is 16.6. The summed E-state index contributed by atoms with van der Waals surface area (Å²) in [5, 5.41) is 0. The van der Waals surface area contributed by atoms with Crippen molar-refractivity contribution in [1.82, 2.24) is 4.98 Å². The van der Waals surface area contributed by atoms with Crippen molar-refractivity contribution in [3.05, 3.63) is 47.7 Å². The first kappa shape index (κ1) is 15.9. The molecule has 0 aliphatic carbocycles. The highest BCUT2D eigenvalue weighted by Crippen LogP contribution is 2.29. The zero-order valence-electron chi connectivity index (χ0n) is 13.5. The van der Waals surface area contributed by atoms with Crippen LogP contribution in [-0.4, -0.2) is 30.3 Å². The van der Waals surface area contributed by atoms with E-state index in [-0.39, 0.29) is 18.0 Å². The molecule has 3 nitrogen and oxygen atoms in total. The van der Waals surface area contributed by atoms with E-state index < -0.39 is 5.82 Å². The molecule has 0 amide bonds. The molecule has 0 N–H and O–H groups in total. The molecular formula is C18H20F2N2O. The first-order chi connectivity index (χ1) is 11.0. The molecular weight excluding hydrogens is 298 g/mol. The monoisotopic (exact) mass is 318 g/mol. The Morgan fingerprint density at radius 2 is 2.00 bits per heavy atom. The molecule has 0 bridgehead atoms. The fraction of sp³-hybridized carbons (Fsp3) is 0.389. The summed E-state index contributed by atoms with van der Waals surface area (Å²) in [4.78, 5) is 6.02. The second-order valence-electron chi connectivity index (χ2n) is 6.18. The van der Waals surface area contributed by atoms with Crippen LogP contribution < -0.4 is 4.90 Å². The standard InChI is InChI=1S/C18H20F2N2O/c1-11(2)23-14-9-22(10-14)18-16(19)7-13(8-21-18)15-6-4-5-12(3)17(15)20/h4-8,11,14H,9-10H2,1-3H3. The van der Waals surface area contributed by atoms with Gasteiger partial charge in [-0.25, -0.2) is 13.8 Å². The minimum absolute atomic E-state index is 0.116. The molecule has 0 atom stereocenters. The second kappa shape index (κ2) is 6.24. The number of anilines is 1. The molecule has 1 aliphatic heterocycles. The van der Waals surface area contributed by atoms with E-state index in [1.807, 2.05) is 18.7 Å². The summed E-state index contributed by atoms with van der Waals surface area (Å²) in [5.41, 5.74) is 1.35. The number of benzene rings is 1. The van der Waals surface area contributed by atoms with Gasteiger partial charge < -0.3 is 9.64 Å². The van der Waals surface area contributed by atoms with Gasteiger partial charge in [0.25, 0.3) is 0 Å². The summed E-state index contributed by atoms with van der Waals surface area (Å²) in [5.74, 6) is -0.479. The number of hydrogen-bond donors (Lipinski definition) is 0. The van der Waals surface area contributed by atoms with Gasteiger partial charge in [0.1, 0.15) is 5.82 Å². The van der Waals surface area contributed by atoms with Crippen molar-refractivity contribution in [3.63, 3.8) is 0 Å². The van der Waals surface area contributed by atoms with Crippen molar-refractivity contribution < 1.29 is 13.5 Å². The highest BCUT2D eigenvalue weighted by Gasteiger charge is 2.31. The largest absolute Gasteiger partial charge is 0.372 e. The van der Waals surface area contributed by atoms with Crippen LogP contribution >= 0.6 is 0 Å². The Bertz CT molecular complexity index is 712. The van der Waals surface area contributed by atoms with Gasteiger partial charge in [-0.15, -0.1) is 0 Å². The average molecular weight is 318 g/mol. The maximum Gasteiger partial charge on any atom is 0.166 e. The van der Waals surface area contributed by atoms with Crippen molar-refractivity contribution in [2.24, 2.45) is 0 Å². The Morgan fingerprint density at radius 3 is 2.65 bits per heavy atom. The number of nitrogens with zero attached hydrogens (tertiary/aromatic N) is 2. The number of aryl methyl sites for hydroxylation is 1. The summed E-state index contributed by atoms with van der Waals surface area (Å²) in [6.07, 6.45) is 1.80. The Labute approximate surface area is 134 Å². The van der Waals surface area contributed by atoms with Crippen molar-refractivity contribution >= 4 is 5.82 Å². The lowest BCUT2D eigenvalue weighted by Gasteiger charge is -2.40. The Kier molecular flexibility index (Phi) is 4.31. The predicted octanol–water partition coefficient (Wildman–Crippen LogP) is 3.95. The maximum absolute atomic E-state index is 14.4. The van der Waals surface area contributed by atoms with Crippen molar-refractivity contribution in [3.8, 4) is 11.1 Å². The Hall–Kier alpha value is -2.01. The first-order valence-electron chi connectivity index (χ1n) is 7.77. The van der Waals surface area contributed by atoms with E-state index in [4.69, 9.17) is 4.74 Å². The van der Waals surface area contributed by atoms with Crippen LogP contribution in [0.2, 0.25) is 0 Å². The molecule has 122 valence electrons. The fourth-order valence-electron chi connectivity index (χ4n) is 2.76. The van der Waals surface area contributed by atoms with E-state index in [0.717, 1.165) is 0 Å². The van der Waals surface area contributed by atoms with Crippen LogP contribution in [0.25, 0.3) is 11.1 Å².